The maximum absolute atomic E-state index is 13.2. The van der Waals surface area contributed by atoms with E-state index in [4.69, 9.17) is 0 Å². The van der Waals surface area contributed by atoms with Gasteiger partial charge >= 0.3 is 6.18 Å². The van der Waals surface area contributed by atoms with Gasteiger partial charge in [0.05, 0.1) is 5.69 Å². The second kappa shape index (κ2) is 4.40. The van der Waals surface area contributed by atoms with Gasteiger partial charge in [-0.25, -0.2) is 4.68 Å². The molecule has 3 nitrogen and oxygen atoms in total. The van der Waals surface area contributed by atoms with E-state index in [-0.39, 0.29) is 12.5 Å². The molecule has 21 heavy (non-hydrogen) atoms. The van der Waals surface area contributed by atoms with Gasteiger partial charge in [0, 0.05) is 18.0 Å². The molecule has 116 valence electrons. The highest BCUT2D eigenvalue weighted by Crippen LogP contribution is 2.53. The van der Waals surface area contributed by atoms with E-state index in [2.05, 4.69) is 10.4 Å². The summed E-state index contributed by atoms with van der Waals surface area (Å²) >= 11 is 0. The average molecular weight is 299 g/mol. The van der Waals surface area contributed by atoms with E-state index in [1.54, 1.807) is 6.92 Å². The summed E-state index contributed by atoms with van der Waals surface area (Å²) in [6.45, 7) is 1.80. The molecule has 0 aromatic carbocycles. The lowest BCUT2D eigenvalue weighted by atomic mass is 9.86. The molecule has 0 radical (unpaired) electrons. The van der Waals surface area contributed by atoms with Crippen LogP contribution in [0.4, 0.5) is 19.0 Å². The van der Waals surface area contributed by atoms with Crippen LogP contribution in [0, 0.1) is 11.8 Å². The van der Waals surface area contributed by atoms with Crippen molar-refractivity contribution in [3.63, 3.8) is 0 Å². The normalized spacial score (nSPS) is 38.4. The zero-order chi connectivity index (χ0) is 14.8. The smallest absolute Gasteiger partial charge is 0.368 e. The molecule has 5 atom stereocenters. The van der Waals surface area contributed by atoms with E-state index in [0.717, 1.165) is 18.0 Å². The first-order valence-electron chi connectivity index (χ1n) is 7.84. The molecule has 1 N–H and O–H groups in total. The van der Waals surface area contributed by atoms with Crippen molar-refractivity contribution >= 4 is 5.82 Å². The number of rotatable bonds is 1. The summed E-state index contributed by atoms with van der Waals surface area (Å²) in [6, 6.07) is 0.199. The van der Waals surface area contributed by atoms with Crippen LogP contribution in [-0.4, -0.2) is 22.0 Å². The zero-order valence-electron chi connectivity index (χ0n) is 12.0. The summed E-state index contributed by atoms with van der Waals surface area (Å²) in [7, 11) is 0. The van der Waals surface area contributed by atoms with Gasteiger partial charge in [0.1, 0.15) is 5.82 Å². The highest BCUT2D eigenvalue weighted by molar-refractivity contribution is 5.42. The fourth-order valence-corrected chi connectivity index (χ4v) is 4.57. The molecule has 2 saturated carbocycles. The van der Waals surface area contributed by atoms with Crippen LogP contribution in [0.2, 0.25) is 0 Å². The molecule has 0 saturated heterocycles. The second-order valence-electron chi connectivity index (χ2n) is 7.02. The van der Waals surface area contributed by atoms with Crippen LogP contribution in [0.5, 0.6) is 0 Å². The highest BCUT2D eigenvalue weighted by atomic mass is 19.4. The summed E-state index contributed by atoms with van der Waals surface area (Å²) in [6.07, 6.45) is 0.656. The first kappa shape index (κ1) is 13.5. The summed E-state index contributed by atoms with van der Waals surface area (Å²) in [5.74, 6) is 2.31. The van der Waals surface area contributed by atoms with E-state index in [0.29, 0.717) is 17.7 Å². The van der Waals surface area contributed by atoms with Crippen molar-refractivity contribution in [1.82, 2.24) is 9.78 Å². The topological polar surface area (TPSA) is 29.9 Å². The molecule has 1 aromatic rings. The van der Waals surface area contributed by atoms with Crippen LogP contribution in [0.25, 0.3) is 0 Å². The fourth-order valence-electron chi connectivity index (χ4n) is 4.57. The third-order valence-corrected chi connectivity index (χ3v) is 5.52. The molecule has 6 heteroatoms. The molecule has 5 unspecified atom stereocenters. The van der Waals surface area contributed by atoms with Gasteiger partial charge in [0.2, 0.25) is 0 Å². The Morgan fingerprint density at radius 3 is 2.67 bits per heavy atom. The predicted octanol–water partition coefficient (Wildman–Crippen LogP) is 4.09. The third kappa shape index (κ3) is 2.14. The Balaban J connectivity index is 1.68. The number of fused-ring (bicyclic) bond motifs is 3. The van der Waals surface area contributed by atoms with Crippen molar-refractivity contribution < 1.29 is 13.2 Å². The number of nitrogens with zero attached hydrogens (tertiary/aromatic N) is 2. The number of halogens is 3. The molecule has 2 aliphatic carbocycles. The maximum atomic E-state index is 13.2. The van der Waals surface area contributed by atoms with Crippen molar-refractivity contribution in [1.29, 1.82) is 0 Å². The van der Waals surface area contributed by atoms with E-state index in [9.17, 15) is 13.2 Å². The first-order chi connectivity index (χ1) is 9.91. The lowest BCUT2D eigenvalue weighted by Crippen LogP contribution is -2.37. The predicted molar refractivity (Wildman–Crippen MR) is 73.2 cm³/mol. The van der Waals surface area contributed by atoms with Crippen LogP contribution < -0.4 is 5.32 Å². The maximum Gasteiger partial charge on any atom is 0.410 e. The Bertz CT molecular complexity index is 551. The van der Waals surface area contributed by atoms with Gasteiger partial charge < -0.3 is 5.32 Å². The Morgan fingerprint density at radius 2 is 2.05 bits per heavy atom. The van der Waals surface area contributed by atoms with Crippen molar-refractivity contribution in [3.05, 3.63) is 11.8 Å². The minimum absolute atomic E-state index is 0.0499. The Morgan fingerprint density at radius 1 is 1.24 bits per heavy atom. The Labute approximate surface area is 121 Å². The second-order valence-corrected chi connectivity index (χ2v) is 7.02. The minimum Gasteiger partial charge on any atom is -0.368 e. The van der Waals surface area contributed by atoms with Gasteiger partial charge in [-0.15, -0.1) is 0 Å². The summed E-state index contributed by atoms with van der Waals surface area (Å²) in [5.41, 5.74) is 0.869. The molecule has 2 fully saturated rings. The molecule has 0 amide bonds. The quantitative estimate of drug-likeness (QED) is 0.846. The standard InChI is InChI=1S/C15H20F3N3/c1-8-4-13(15(16,17)18)21-14(19-8)7-12(20-21)11-6-9-2-3-10(11)5-9/h7-11,13,19H,2-6H2,1H3. The van der Waals surface area contributed by atoms with Crippen LogP contribution in [-0.2, 0) is 0 Å². The van der Waals surface area contributed by atoms with Gasteiger partial charge in [-0.1, -0.05) is 6.42 Å². The van der Waals surface area contributed by atoms with Crippen molar-refractivity contribution in [2.24, 2.45) is 11.8 Å². The largest absolute Gasteiger partial charge is 0.410 e. The molecule has 4 rings (SSSR count). The molecular weight excluding hydrogens is 279 g/mol. The number of hydrogen-bond donors (Lipinski definition) is 1. The molecule has 0 spiro atoms. The van der Waals surface area contributed by atoms with Crippen molar-refractivity contribution in [2.45, 2.75) is 63.2 Å². The average Bonchev–Trinajstić information content (AvgIpc) is 3.09. The third-order valence-electron chi connectivity index (χ3n) is 5.52. The van der Waals surface area contributed by atoms with E-state index < -0.39 is 12.2 Å². The fraction of sp³-hybridized carbons (Fsp3) is 0.800. The molecule has 1 aromatic heterocycles. The van der Waals surface area contributed by atoms with Crippen LogP contribution >= 0.6 is 0 Å². The minimum atomic E-state index is -4.23. The van der Waals surface area contributed by atoms with Crippen LogP contribution in [0.1, 0.15) is 56.7 Å². The van der Waals surface area contributed by atoms with Crippen LogP contribution in [0.15, 0.2) is 6.07 Å². The summed E-state index contributed by atoms with van der Waals surface area (Å²) < 4.78 is 40.9. The van der Waals surface area contributed by atoms with Crippen molar-refractivity contribution in [2.75, 3.05) is 5.32 Å². The Kier molecular flexibility index (Phi) is 2.82. The molecular formula is C15H20F3N3. The van der Waals surface area contributed by atoms with E-state index in [1.165, 1.54) is 23.9 Å². The number of nitrogens with one attached hydrogen (secondary N) is 1. The number of alkyl halides is 3. The monoisotopic (exact) mass is 299 g/mol. The lowest BCUT2D eigenvalue weighted by Gasteiger charge is -2.31. The first-order valence-corrected chi connectivity index (χ1v) is 7.84. The van der Waals surface area contributed by atoms with Gasteiger partial charge in [-0.05, 0) is 44.4 Å². The van der Waals surface area contributed by atoms with Gasteiger partial charge in [0.25, 0.3) is 0 Å². The van der Waals surface area contributed by atoms with E-state index >= 15 is 0 Å². The number of hydrogen-bond acceptors (Lipinski definition) is 2. The summed E-state index contributed by atoms with van der Waals surface area (Å²) in [4.78, 5) is 0. The van der Waals surface area contributed by atoms with Gasteiger partial charge in [-0.2, -0.15) is 18.3 Å². The molecule has 3 aliphatic rings. The number of anilines is 1. The highest BCUT2D eigenvalue weighted by Gasteiger charge is 2.47. The lowest BCUT2D eigenvalue weighted by molar-refractivity contribution is -0.173. The van der Waals surface area contributed by atoms with Gasteiger partial charge in [-0.3, -0.25) is 0 Å². The molecule has 2 bridgehead atoms. The number of aromatic nitrogens is 2. The molecule has 2 heterocycles. The zero-order valence-corrected chi connectivity index (χ0v) is 12.0. The van der Waals surface area contributed by atoms with Crippen molar-refractivity contribution in [3.8, 4) is 0 Å². The SMILES string of the molecule is CC1CC(C(F)(F)F)n2nc(C3CC4CCC3C4)cc2N1. The van der Waals surface area contributed by atoms with Gasteiger partial charge in [0.15, 0.2) is 6.04 Å². The van der Waals surface area contributed by atoms with Crippen LogP contribution in [0.3, 0.4) is 0 Å². The Hall–Kier alpha value is -1.20. The molecule has 1 aliphatic heterocycles. The summed E-state index contributed by atoms with van der Waals surface area (Å²) in [5, 5.41) is 7.52. The van der Waals surface area contributed by atoms with E-state index in [1.807, 2.05) is 6.07 Å².